The number of methoxy groups -OCH3 is 1. The SMILES string of the molecule is CCOC(=O)C(=O)c1cc2ccc(OC)cc2[nH]1. The molecule has 18 heavy (non-hydrogen) atoms. The van der Waals surface area contributed by atoms with Crippen LogP contribution in [0.4, 0.5) is 0 Å². The standard InChI is InChI=1S/C13H13NO4/c1-3-18-13(16)12(15)11-6-8-4-5-9(17-2)7-10(8)14-11/h4-7,14H,3H2,1-2H3. The van der Waals surface area contributed by atoms with Crippen LogP contribution in [0.15, 0.2) is 24.3 Å². The number of aromatic nitrogens is 1. The van der Waals surface area contributed by atoms with Gasteiger partial charge in [-0.2, -0.15) is 0 Å². The number of benzene rings is 1. The van der Waals surface area contributed by atoms with Crippen molar-refractivity contribution in [2.24, 2.45) is 0 Å². The number of hydrogen-bond donors (Lipinski definition) is 1. The average Bonchev–Trinajstić information content (AvgIpc) is 2.80. The predicted octanol–water partition coefficient (Wildman–Crippen LogP) is 1.92. The molecule has 0 spiro atoms. The molecule has 1 heterocycles. The number of hydrogen-bond acceptors (Lipinski definition) is 4. The molecule has 1 aromatic heterocycles. The van der Waals surface area contributed by atoms with E-state index in [0.717, 1.165) is 10.9 Å². The van der Waals surface area contributed by atoms with Crippen LogP contribution in [-0.2, 0) is 9.53 Å². The lowest BCUT2D eigenvalue weighted by atomic mass is 10.2. The summed E-state index contributed by atoms with van der Waals surface area (Å²) in [6.07, 6.45) is 0. The zero-order valence-electron chi connectivity index (χ0n) is 10.1. The van der Waals surface area contributed by atoms with Gasteiger partial charge in [-0.05, 0) is 25.1 Å². The third-order valence-electron chi connectivity index (χ3n) is 2.54. The zero-order chi connectivity index (χ0) is 13.1. The van der Waals surface area contributed by atoms with Crippen LogP contribution in [0.3, 0.4) is 0 Å². The van der Waals surface area contributed by atoms with Crippen molar-refractivity contribution in [1.29, 1.82) is 0 Å². The Hall–Kier alpha value is -2.30. The lowest BCUT2D eigenvalue weighted by molar-refractivity contribution is -0.137. The summed E-state index contributed by atoms with van der Waals surface area (Å²) in [5, 5.41) is 0.837. The molecule has 0 aliphatic carbocycles. The molecule has 5 heteroatoms. The van der Waals surface area contributed by atoms with Gasteiger partial charge in [0.15, 0.2) is 0 Å². The Morgan fingerprint density at radius 1 is 1.28 bits per heavy atom. The van der Waals surface area contributed by atoms with Crippen LogP contribution in [0, 0.1) is 0 Å². The monoisotopic (exact) mass is 247 g/mol. The Balaban J connectivity index is 2.35. The van der Waals surface area contributed by atoms with E-state index >= 15 is 0 Å². The quantitative estimate of drug-likeness (QED) is 0.509. The molecule has 0 saturated carbocycles. The Bertz CT molecular complexity index is 600. The van der Waals surface area contributed by atoms with E-state index in [1.807, 2.05) is 6.07 Å². The molecule has 0 atom stereocenters. The van der Waals surface area contributed by atoms with Crippen LogP contribution in [-0.4, -0.2) is 30.5 Å². The van der Waals surface area contributed by atoms with Crippen molar-refractivity contribution in [2.45, 2.75) is 6.92 Å². The molecular weight excluding hydrogens is 234 g/mol. The maximum absolute atomic E-state index is 11.7. The van der Waals surface area contributed by atoms with Crippen molar-refractivity contribution >= 4 is 22.7 Å². The minimum Gasteiger partial charge on any atom is -0.497 e. The number of rotatable bonds is 4. The first-order valence-electron chi connectivity index (χ1n) is 5.54. The average molecular weight is 247 g/mol. The number of ether oxygens (including phenoxy) is 2. The molecule has 0 unspecified atom stereocenters. The molecule has 2 rings (SSSR count). The van der Waals surface area contributed by atoms with E-state index in [9.17, 15) is 9.59 Å². The summed E-state index contributed by atoms with van der Waals surface area (Å²) >= 11 is 0. The minimum absolute atomic E-state index is 0.179. The van der Waals surface area contributed by atoms with Crippen LogP contribution >= 0.6 is 0 Å². The third kappa shape index (κ3) is 2.20. The molecule has 1 aromatic carbocycles. The summed E-state index contributed by atoms with van der Waals surface area (Å²) in [6.45, 7) is 1.83. The molecule has 94 valence electrons. The van der Waals surface area contributed by atoms with Crippen LogP contribution in [0.2, 0.25) is 0 Å². The molecule has 0 saturated heterocycles. The van der Waals surface area contributed by atoms with E-state index in [-0.39, 0.29) is 12.3 Å². The van der Waals surface area contributed by atoms with Crippen molar-refractivity contribution in [2.75, 3.05) is 13.7 Å². The fourth-order valence-electron chi connectivity index (χ4n) is 1.66. The highest BCUT2D eigenvalue weighted by molar-refractivity contribution is 6.40. The molecule has 0 fully saturated rings. The fourth-order valence-corrected chi connectivity index (χ4v) is 1.66. The van der Waals surface area contributed by atoms with Crippen LogP contribution < -0.4 is 4.74 Å². The summed E-state index contributed by atoms with van der Waals surface area (Å²) < 4.78 is 9.75. The van der Waals surface area contributed by atoms with E-state index < -0.39 is 11.8 Å². The Kier molecular flexibility index (Phi) is 3.32. The van der Waals surface area contributed by atoms with Crippen molar-refractivity contribution in [3.63, 3.8) is 0 Å². The van der Waals surface area contributed by atoms with Gasteiger partial charge in [-0.15, -0.1) is 0 Å². The number of nitrogens with one attached hydrogen (secondary N) is 1. The zero-order valence-corrected chi connectivity index (χ0v) is 10.1. The molecule has 0 radical (unpaired) electrons. The molecule has 0 aliphatic heterocycles. The van der Waals surface area contributed by atoms with Gasteiger partial charge in [0.2, 0.25) is 0 Å². The van der Waals surface area contributed by atoms with E-state index in [2.05, 4.69) is 9.72 Å². The van der Waals surface area contributed by atoms with Crippen LogP contribution in [0.25, 0.3) is 10.9 Å². The highest BCUT2D eigenvalue weighted by Gasteiger charge is 2.19. The number of H-pyrrole nitrogens is 1. The smallest absolute Gasteiger partial charge is 0.381 e. The van der Waals surface area contributed by atoms with Gasteiger partial charge in [-0.25, -0.2) is 4.79 Å². The molecule has 2 aromatic rings. The first-order valence-corrected chi connectivity index (χ1v) is 5.54. The van der Waals surface area contributed by atoms with Crippen molar-refractivity contribution in [1.82, 2.24) is 4.98 Å². The molecule has 5 nitrogen and oxygen atoms in total. The second-order valence-electron chi connectivity index (χ2n) is 3.69. The normalized spacial score (nSPS) is 10.3. The molecular formula is C13H13NO4. The number of carbonyl (C=O) groups excluding carboxylic acids is 2. The number of fused-ring (bicyclic) bond motifs is 1. The second kappa shape index (κ2) is 4.91. The number of carbonyl (C=O) groups is 2. The summed E-state index contributed by atoms with van der Waals surface area (Å²) in [7, 11) is 1.56. The lowest BCUT2D eigenvalue weighted by Crippen LogP contribution is -2.17. The van der Waals surface area contributed by atoms with Gasteiger partial charge in [-0.3, -0.25) is 4.79 Å². The van der Waals surface area contributed by atoms with E-state index in [1.54, 1.807) is 32.2 Å². The van der Waals surface area contributed by atoms with Gasteiger partial charge in [0.1, 0.15) is 5.75 Å². The fraction of sp³-hybridized carbons (Fsp3) is 0.231. The topological polar surface area (TPSA) is 68.4 Å². The van der Waals surface area contributed by atoms with E-state index in [0.29, 0.717) is 5.75 Å². The Morgan fingerprint density at radius 3 is 2.72 bits per heavy atom. The summed E-state index contributed by atoms with van der Waals surface area (Å²) in [4.78, 5) is 25.9. The maximum atomic E-state index is 11.7. The first-order chi connectivity index (χ1) is 8.65. The largest absolute Gasteiger partial charge is 0.497 e. The van der Waals surface area contributed by atoms with Crippen LogP contribution in [0.5, 0.6) is 5.75 Å². The van der Waals surface area contributed by atoms with Gasteiger partial charge in [0.25, 0.3) is 5.78 Å². The minimum atomic E-state index is -0.851. The van der Waals surface area contributed by atoms with Gasteiger partial charge >= 0.3 is 5.97 Å². The third-order valence-corrected chi connectivity index (χ3v) is 2.54. The van der Waals surface area contributed by atoms with Gasteiger partial charge in [0, 0.05) is 17.0 Å². The molecule has 0 bridgehead atoms. The molecule has 1 N–H and O–H groups in total. The van der Waals surface area contributed by atoms with E-state index in [4.69, 9.17) is 4.74 Å². The van der Waals surface area contributed by atoms with Crippen molar-refractivity contribution in [3.05, 3.63) is 30.0 Å². The molecule has 0 aliphatic rings. The first kappa shape index (κ1) is 12.2. The second-order valence-corrected chi connectivity index (χ2v) is 3.69. The Labute approximate surface area is 104 Å². The highest BCUT2D eigenvalue weighted by atomic mass is 16.5. The summed E-state index contributed by atoms with van der Waals surface area (Å²) in [5.74, 6) is -0.845. The number of ketones is 1. The lowest BCUT2D eigenvalue weighted by Gasteiger charge is -1.98. The summed E-state index contributed by atoms with van der Waals surface area (Å²) in [6, 6.07) is 6.98. The number of esters is 1. The maximum Gasteiger partial charge on any atom is 0.381 e. The van der Waals surface area contributed by atoms with E-state index in [1.165, 1.54) is 0 Å². The van der Waals surface area contributed by atoms with Crippen molar-refractivity contribution in [3.8, 4) is 5.75 Å². The number of Topliss-reactive ketones (excluding diaryl/α,β-unsaturated/α-hetero) is 1. The van der Waals surface area contributed by atoms with Gasteiger partial charge < -0.3 is 14.5 Å². The highest BCUT2D eigenvalue weighted by Crippen LogP contribution is 2.21. The van der Waals surface area contributed by atoms with Gasteiger partial charge in [0.05, 0.1) is 19.4 Å². The summed E-state index contributed by atoms with van der Waals surface area (Å²) in [5.41, 5.74) is 0.957. The number of aromatic amines is 1. The predicted molar refractivity (Wildman–Crippen MR) is 65.8 cm³/mol. The van der Waals surface area contributed by atoms with Crippen LogP contribution in [0.1, 0.15) is 17.4 Å². The van der Waals surface area contributed by atoms with Gasteiger partial charge in [-0.1, -0.05) is 0 Å². The van der Waals surface area contributed by atoms with Crippen molar-refractivity contribution < 1.29 is 19.1 Å². The Morgan fingerprint density at radius 2 is 2.06 bits per heavy atom. The molecule has 0 amide bonds.